The van der Waals surface area contributed by atoms with Crippen LogP contribution in [0.5, 0.6) is 0 Å². The summed E-state index contributed by atoms with van der Waals surface area (Å²) in [4.78, 5) is 4.20. The summed E-state index contributed by atoms with van der Waals surface area (Å²) < 4.78 is 54.9. The van der Waals surface area contributed by atoms with Crippen LogP contribution in [0.25, 0.3) is 0 Å². The van der Waals surface area contributed by atoms with Crippen LogP contribution in [0, 0.1) is 5.82 Å². The van der Waals surface area contributed by atoms with Crippen molar-refractivity contribution in [3.63, 3.8) is 0 Å². The zero-order valence-corrected chi connectivity index (χ0v) is 15.9. The molecule has 0 unspecified atom stereocenters. The molecule has 2 N–H and O–H groups in total. The SMILES string of the molecule is CCNC(=NCc1ccc(F)c(COC)c1)NCCC(F)(F)F.I. The third kappa shape index (κ3) is 9.26. The minimum Gasteiger partial charge on any atom is -0.380 e. The van der Waals surface area contributed by atoms with Gasteiger partial charge in [0.1, 0.15) is 5.82 Å². The highest BCUT2D eigenvalue weighted by Gasteiger charge is 2.26. The number of rotatable bonds is 7. The van der Waals surface area contributed by atoms with E-state index < -0.39 is 12.6 Å². The number of hydrogen-bond acceptors (Lipinski definition) is 2. The van der Waals surface area contributed by atoms with Gasteiger partial charge in [0, 0.05) is 25.8 Å². The highest BCUT2D eigenvalue weighted by molar-refractivity contribution is 14.0. The molecule has 9 heteroatoms. The molecule has 0 aliphatic carbocycles. The normalized spacial score (nSPS) is 11.8. The average molecular weight is 463 g/mol. The molecule has 0 aliphatic heterocycles. The number of aliphatic imine (C=N–C) groups is 1. The molecule has 1 rings (SSSR count). The van der Waals surface area contributed by atoms with Crippen LogP contribution in [-0.4, -0.2) is 32.3 Å². The molecule has 0 aliphatic rings. The molecule has 24 heavy (non-hydrogen) atoms. The van der Waals surface area contributed by atoms with Crippen molar-refractivity contribution < 1.29 is 22.3 Å². The molecule has 4 nitrogen and oxygen atoms in total. The first-order chi connectivity index (χ1) is 10.9. The lowest BCUT2D eigenvalue weighted by atomic mass is 10.1. The highest BCUT2D eigenvalue weighted by atomic mass is 127. The lowest BCUT2D eigenvalue weighted by Gasteiger charge is -2.12. The molecule has 0 saturated heterocycles. The maximum atomic E-state index is 13.5. The Balaban J connectivity index is 0.00000529. The molecule has 0 atom stereocenters. The van der Waals surface area contributed by atoms with E-state index in [4.69, 9.17) is 4.74 Å². The van der Waals surface area contributed by atoms with Crippen molar-refractivity contribution in [3.05, 3.63) is 35.1 Å². The van der Waals surface area contributed by atoms with E-state index in [0.29, 0.717) is 12.1 Å². The number of nitrogens with one attached hydrogen (secondary N) is 2. The summed E-state index contributed by atoms with van der Waals surface area (Å²) in [5.74, 6) is -0.0795. The Kier molecular flexibility index (Phi) is 10.9. The largest absolute Gasteiger partial charge is 0.390 e. The minimum absolute atomic E-state index is 0. The van der Waals surface area contributed by atoms with Crippen molar-refractivity contribution in [3.8, 4) is 0 Å². The van der Waals surface area contributed by atoms with E-state index in [1.165, 1.54) is 13.2 Å². The molecule has 0 radical (unpaired) electrons. The quantitative estimate of drug-likeness (QED) is 0.281. The van der Waals surface area contributed by atoms with Gasteiger partial charge in [-0.1, -0.05) is 6.07 Å². The molecular weight excluding hydrogens is 441 g/mol. The molecule has 0 bridgehead atoms. The third-order valence-corrected chi connectivity index (χ3v) is 2.87. The smallest absolute Gasteiger partial charge is 0.380 e. The lowest BCUT2D eigenvalue weighted by molar-refractivity contribution is -0.132. The van der Waals surface area contributed by atoms with Crippen molar-refractivity contribution in [2.45, 2.75) is 32.7 Å². The molecule has 0 aromatic heterocycles. The molecular formula is C15H22F4IN3O. The van der Waals surface area contributed by atoms with Crippen LogP contribution in [0.1, 0.15) is 24.5 Å². The number of methoxy groups -OCH3 is 1. The van der Waals surface area contributed by atoms with Crippen molar-refractivity contribution in [1.29, 1.82) is 0 Å². The van der Waals surface area contributed by atoms with E-state index in [2.05, 4.69) is 15.6 Å². The third-order valence-electron chi connectivity index (χ3n) is 2.87. The van der Waals surface area contributed by atoms with Crippen molar-refractivity contribution >= 4 is 29.9 Å². The Hall–Kier alpha value is -1.10. The fraction of sp³-hybridized carbons (Fsp3) is 0.533. The molecule has 138 valence electrons. The number of ether oxygens (including phenoxy) is 1. The van der Waals surface area contributed by atoms with Crippen LogP contribution in [0.15, 0.2) is 23.2 Å². The Morgan fingerprint density at radius 1 is 1.25 bits per heavy atom. The van der Waals surface area contributed by atoms with Gasteiger partial charge >= 0.3 is 6.18 Å². The summed E-state index contributed by atoms with van der Waals surface area (Å²) in [6.07, 6.45) is -5.15. The number of halogens is 5. The predicted octanol–water partition coefficient (Wildman–Crippen LogP) is 3.60. The zero-order valence-electron chi connectivity index (χ0n) is 13.5. The van der Waals surface area contributed by atoms with E-state index in [9.17, 15) is 17.6 Å². The fourth-order valence-corrected chi connectivity index (χ4v) is 1.83. The monoisotopic (exact) mass is 463 g/mol. The van der Waals surface area contributed by atoms with Crippen LogP contribution < -0.4 is 10.6 Å². The second-order valence-corrected chi connectivity index (χ2v) is 4.85. The van der Waals surface area contributed by atoms with Gasteiger partial charge in [0.25, 0.3) is 0 Å². The summed E-state index contributed by atoms with van der Waals surface area (Å²) in [6, 6.07) is 4.53. The maximum Gasteiger partial charge on any atom is 0.390 e. The van der Waals surface area contributed by atoms with Gasteiger partial charge in [-0.3, -0.25) is 0 Å². The number of nitrogens with zero attached hydrogens (tertiary/aromatic N) is 1. The first kappa shape index (κ1) is 22.9. The summed E-state index contributed by atoms with van der Waals surface area (Å²) >= 11 is 0. The summed E-state index contributed by atoms with van der Waals surface area (Å²) in [7, 11) is 1.47. The molecule has 0 heterocycles. The molecule has 0 spiro atoms. The van der Waals surface area contributed by atoms with Crippen LogP contribution in [0.3, 0.4) is 0 Å². The van der Waals surface area contributed by atoms with Crippen molar-refractivity contribution in [2.24, 2.45) is 4.99 Å². The van der Waals surface area contributed by atoms with Crippen molar-refractivity contribution in [1.82, 2.24) is 10.6 Å². The summed E-state index contributed by atoms with van der Waals surface area (Å²) in [5, 5.41) is 5.48. The first-order valence-corrected chi connectivity index (χ1v) is 7.21. The van der Waals surface area contributed by atoms with Gasteiger partial charge in [-0.05, 0) is 24.6 Å². The number of guanidine groups is 1. The number of benzene rings is 1. The van der Waals surface area contributed by atoms with Crippen LogP contribution >= 0.6 is 24.0 Å². The zero-order chi connectivity index (χ0) is 17.3. The maximum absolute atomic E-state index is 13.5. The summed E-state index contributed by atoms with van der Waals surface area (Å²) in [5.41, 5.74) is 1.15. The van der Waals surface area contributed by atoms with Crippen LogP contribution in [-0.2, 0) is 17.9 Å². The van der Waals surface area contributed by atoms with Crippen LogP contribution in [0.2, 0.25) is 0 Å². The number of alkyl halides is 3. The molecule has 1 aromatic carbocycles. The van der Waals surface area contributed by atoms with E-state index in [1.54, 1.807) is 12.1 Å². The van der Waals surface area contributed by atoms with Gasteiger partial charge in [0.2, 0.25) is 0 Å². The van der Waals surface area contributed by atoms with Gasteiger partial charge in [0.05, 0.1) is 19.6 Å². The van der Waals surface area contributed by atoms with E-state index in [0.717, 1.165) is 5.56 Å². The first-order valence-electron chi connectivity index (χ1n) is 7.21. The lowest BCUT2D eigenvalue weighted by Crippen LogP contribution is -2.38. The van der Waals surface area contributed by atoms with Gasteiger partial charge in [-0.25, -0.2) is 9.38 Å². The number of hydrogen-bond donors (Lipinski definition) is 2. The van der Waals surface area contributed by atoms with Gasteiger partial charge in [-0.15, -0.1) is 24.0 Å². The Morgan fingerprint density at radius 2 is 1.96 bits per heavy atom. The van der Waals surface area contributed by atoms with E-state index in [-0.39, 0.29) is 55.4 Å². The van der Waals surface area contributed by atoms with Gasteiger partial charge in [0.15, 0.2) is 5.96 Å². The standard InChI is InChI=1S/C15H21F4N3O.HI/c1-3-20-14(21-7-6-15(17,18)19)22-9-11-4-5-13(16)12(8-11)10-23-2;/h4-5,8H,3,6-7,9-10H2,1-2H3,(H2,20,21,22);1H. The fourth-order valence-electron chi connectivity index (χ4n) is 1.83. The molecule has 0 fully saturated rings. The molecule has 0 saturated carbocycles. The van der Waals surface area contributed by atoms with Crippen LogP contribution in [0.4, 0.5) is 17.6 Å². The predicted molar refractivity (Wildman–Crippen MR) is 96.0 cm³/mol. The van der Waals surface area contributed by atoms with E-state index >= 15 is 0 Å². The average Bonchev–Trinajstić information content (AvgIpc) is 2.46. The summed E-state index contributed by atoms with van der Waals surface area (Å²) in [6.45, 7) is 2.45. The Morgan fingerprint density at radius 3 is 2.54 bits per heavy atom. The van der Waals surface area contributed by atoms with Crippen molar-refractivity contribution in [2.75, 3.05) is 20.2 Å². The highest BCUT2D eigenvalue weighted by Crippen LogP contribution is 2.18. The van der Waals surface area contributed by atoms with Gasteiger partial charge in [-0.2, -0.15) is 13.2 Å². The second kappa shape index (κ2) is 11.5. The Labute approximate surface area is 156 Å². The molecule has 0 amide bonds. The topological polar surface area (TPSA) is 45.7 Å². The van der Waals surface area contributed by atoms with Gasteiger partial charge < -0.3 is 15.4 Å². The second-order valence-electron chi connectivity index (χ2n) is 4.85. The van der Waals surface area contributed by atoms with E-state index in [1.807, 2.05) is 6.92 Å². The Bertz CT molecular complexity index is 524. The minimum atomic E-state index is -4.21. The molecule has 1 aromatic rings.